The van der Waals surface area contributed by atoms with Crippen molar-refractivity contribution in [2.75, 3.05) is 0 Å². The highest BCUT2D eigenvalue weighted by atomic mass is 35.5. The summed E-state index contributed by atoms with van der Waals surface area (Å²) in [6.07, 6.45) is 0. The van der Waals surface area contributed by atoms with Crippen molar-refractivity contribution in [2.24, 2.45) is 7.05 Å². The van der Waals surface area contributed by atoms with E-state index in [1.54, 1.807) is 37.4 Å². The van der Waals surface area contributed by atoms with E-state index in [1.807, 2.05) is 0 Å². The molecule has 0 aliphatic heterocycles. The Kier molecular flexibility index (Phi) is 4.79. The first-order valence-corrected chi connectivity index (χ1v) is 10.7. The lowest BCUT2D eigenvalue weighted by Crippen LogP contribution is -2.23. The number of sulfonamides is 1. The van der Waals surface area contributed by atoms with Crippen molar-refractivity contribution in [1.29, 1.82) is 0 Å². The van der Waals surface area contributed by atoms with Crippen LogP contribution < -0.4 is 9.60 Å². The van der Waals surface area contributed by atoms with Gasteiger partial charge in [-0.05, 0) is 42.5 Å². The van der Waals surface area contributed by atoms with Crippen LogP contribution in [0.25, 0.3) is 21.6 Å². The summed E-state index contributed by atoms with van der Waals surface area (Å²) in [5, 5.41) is 4.43. The van der Waals surface area contributed by atoms with Crippen molar-refractivity contribution in [3.05, 3.63) is 63.0 Å². The van der Waals surface area contributed by atoms with Crippen molar-refractivity contribution in [2.45, 2.75) is 11.4 Å². The number of fused-ring (bicyclic) bond motifs is 1. The second-order valence-electron chi connectivity index (χ2n) is 5.90. The molecule has 4 rings (SSSR count). The number of benzene rings is 2. The Morgan fingerprint density at radius 3 is 2.71 bits per heavy atom. The normalized spacial score (nSPS) is 11.9. The van der Waals surface area contributed by atoms with Crippen LogP contribution in [0.1, 0.15) is 5.89 Å². The zero-order valence-electron chi connectivity index (χ0n) is 14.4. The summed E-state index contributed by atoms with van der Waals surface area (Å²) in [5.41, 5.74) is 1.38. The maximum atomic E-state index is 12.6. The fourth-order valence-electron chi connectivity index (χ4n) is 2.56. The van der Waals surface area contributed by atoms with Crippen LogP contribution in [0.4, 0.5) is 0 Å². The average molecular weight is 437 g/mol. The van der Waals surface area contributed by atoms with Gasteiger partial charge in [-0.2, -0.15) is 4.98 Å². The van der Waals surface area contributed by atoms with Gasteiger partial charge in [-0.3, -0.25) is 4.79 Å². The molecule has 2 aromatic heterocycles. The molecule has 0 fully saturated rings. The smallest absolute Gasteiger partial charge is 0.307 e. The van der Waals surface area contributed by atoms with Crippen LogP contribution in [0.15, 0.2) is 56.7 Å². The van der Waals surface area contributed by atoms with Crippen molar-refractivity contribution in [1.82, 2.24) is 19.4 Å². The summed E-state index contributed by atoms with van der Waals surface area (Å²) in [4.78, 5) is 15.8. The molecule has 28 heavy (non-hydrogen) atoms. The van der Waals surface area contributed by atoms with E-state index in [2.05, 4.69) is 14.9 Å². The van der Waals surface area contributed by atoms with Crippen LogP contribution in [0.2, 0.25) is 5.02 Å². The van der Waals surface area contributed by atoms with Gasteiger partial charge in [0.05, 0.1) is 21.7 Å². The zero-order valence-corrected chi connectivity index (χ0v) is 16.8. The van der Waals surface area contributed by atoms with Crippen molar-refractivity contribution < 1.29 is 12.9 Å². The minimum Gasteiger partial charge on any atom is -0.338 e. The summed E-state index contributed by atoms with van der Waals surface area (Å²) in [5.74, 6) is 0.459. The maximum absolute atomic E-state index is 12.6. The number of nitrogens with one attached hydrogen (secondary N) is 1. The Labute approximate surface area is 168 Å². The van der Waals surface area contributed by atoms with Gasteiger partial charge in [-0.15, -0.1) is 0 Å². The SMILES string of the molecule is Cn1c(=O)sc2cc(S(=O)(=O)NCc3nc(-c4ccc(Cl)cc4)no3)ccc21. The Morgan fingerprint density at radius 1 is 1.21 bits per heavy atom. The number of thiazole rings is 1. The molecule has 2 heterocycles. The quantitative estimate of drug-likeness (QED) is 0.515. The van der Waals surface area contributed by atoms with Crippen LogP contribution in [0.3, 0.4) is 0 Å². The molecule has 0 saturated carbocycles. The number of aromatic nitrogens is 3. The summed E-state index contributed by atoms with van der Waals surface area (Å²) in [7, 11) is -2.17. The number of hydrogen-bond acceptors (Lipinski definition) is 7. The molecule has 0 spiro atoms. The molecular weight excluding hydrogens is 424 g/mol. The molecule has 0 aliphatic rings. The molecular formula is C17H13ClN4O4S2. The van der Waals surface area contributed by atoms with Gasteiger partial charge in [0.1, 0.15) is 0 Å². The van der Waals surface area contributed by atoms with Gasteiger partial charge < -0.3 is 9.09 Å². The third kappa shape index (κ3) is 3.59. The van der Waals surface area contributed by atoms with E-state index in [0.717, 1.165) is 11.3 Å². The first-order chi connectivity index (χ1) is 13.3. The average Bonchev–Trinajstić information content (AvgIpc) is 3.26. The second-order valence-corrected chi connectivity index (χ2v) is 9.10. The fourth-order valence-corrected chi connectivity index (χ4v) is 4.68. The van der Waals surface area contributed by atoms with Gasteiger partial charge in [0.25, 0.3) is 0 Å². The largest absolute Gasteiger partial charge is 0.338 e. The maximum Gasteiger partial charge on any atom is 0.307 e. The number of hydrogen-bond donors (Lipinski definition) is 1. The molecule has 8 nitrogen and oxygen atoms in total. The minimum atomic E-state index is -3.81. The van der Waals surface area contributed by atoms with Crippen LogP contribution in [-0.2, 0) is 23.6 Å². The molecule has 11 heteroatoms. The predicted octanol–water partition coefficient (Wildman–Crippen LogP) is 2.78. The van der Waals surface area contributed by atoms with Gasteiger partial charge in [0.15, 0.2) is 0 Å². The zero-order chi connectivity index (χ0) is 19.9. The highest BCUT2D eigenvalue weighted by Gasteiger charge is 2.18. The number of aryl methyl sites for hydroxylation is 1. The standard InChI is InChI=1S/C17H13ClN4O4S2/c1-22-13-7-6-12(8-14(13)27-17(22)23)28(24,25)19-9-15-20-16(21-26-15)10-2-4-11(18)5-3-10/h2-8,19H,9H2,1H3. The molecule has 0 bridgehead atoms. The van der Waals surface area contributed by atoms with E-state index < -0.39 is 10.0 Å². The highest BCUT2D eigenvalue weighted by molar-refractivity contribution is 7.89. The molecule has 2 aromatic carbocycles. The molecule has 1 N–H and O–H groups in total. The van der Waals surface area contributed by atoms with Crippen LogP contribution in [-0.4, -0.2) is 23.1 Å². The third-order valence-corrected chi connectivity index (χ3v) is 6.70. The van der Waals surface area contributed by atoms with Gasteiger partial charge in [0, 0.05) is 17.6 Å². The van der Waals surface area contributed by atoms with Crippen LogP contribution >= 0.6 is 22.9 Å². The third-order valence-electron chi connectivity index (χ3n) is 4.06. The van der Waals surface area contributed by atoms with E-state index in [4.69, 9.17) is 16.1 Å². The lowest BCUT2D eigenvalue weighted by Gasteiger charge is -2.05. The van der Waals surface area contributed by atoms with E-state index >= 15 is 0 Å². The molecule has 144 valence electrons. The van der Waals surface area contributed by atoms with E-state index in [9.17, 15) is 13.2 Å². The van der Waals surface area contributed by atoms with Crippen LogP contribution in [0, 0.1) is 0 Å². The monoisotopic (exact) mass is 436 g/mol. The first kappa shape index (κ1) is 18.8. The molecule has 0 unspecified atom stereocenters. The van der Waals surface area contributed by atoms with E-state index in [0.29, 0.717) is 26.6 Å². The summed E-state index contributed by atoms with van der Waals surface area (Å²) < 4.78 is 34.7. The summed E-state index contributed by atoms with van der Waals surface area (Å²) in [6.45, 7) is -0.161. The van der Waals surface area contributed by atoms with Gasteiger partial charge in [-0.1, -0.05) is 28.1 Å². The molecule has 0 atom stereocenters. The molecule has 0 aliphatic carbocycles. The topological polar surface area (TPSA) is 107 Å². The van der Waals surface area contributed by atoms with Crippen molar-refractivity contribution >= 4 is 43.2 Å². The van der Waals surface area contributed by atoms with Crippen molar-refractivity contribution in [3.63, 3.8) is 0 Å². The second kappa shape index (κ2) is 7.13. The molecule has 0 radical (unpaired) electrons. The number of rotatable bonds is 5. The Balaban J connectivity index is 1.53. The van der Waals surface area contributed by atoms with Gasteiger partial charge >= 0.3 is 4.87 Å². The summed E-state index contributed by atoms with van der Waals surface area (Å²) in [6, 6.07) is 11.4. The fraction of sp³-hybridized carbons (Fsp3) is 0.118. The van der Waals surface area contributed by atoms with E-state index in [1.165, 1.54) is 16.7 Å². The first-order valence-electron chi connectivity index (χ1n) is 8.01. The molecule has 0 amide bonds. The van der Waals surface area contributed by atoms with Crippen molar-refractivity contribution in [3.8, 4) is 11.4 Å². The minimum absolute atomic E-state index is 0.0549. The lowest BCUT2D eigenvalue weighted by molar-refractivity contribution is 0.376. The van der Waals surface area contributed by atoms with Crippen LogP contribution in [0.5, 0.6) is 0 Å². The Bertz CT molecular complexity index is 1320. The van der Waals surface area contributed by atoms with Gasteiger partial charge in [-0.25, -0.2) is 13.1 Å². The Hall–Kier alpha value is -2.53. The number of halogens is 1. The molecule has 0 saturated heterocycles. The number of nitrogens with zero attached hydrogens (tertiary/aromatic N) is 3. The van der Waals surface area contributed by atoms with Gasteiger partial charge in [0.2, 0.25) is 21.7 Å². The lowest BCUT2D eigenvalue weighted by atomic mass is 10.2. The highest BCUT2D eigenvalue weighted by Crippen LogP contribution is 2.22. The summed E-state index contributed by atoms with van der Waals surface area (Å²) >= 11 is 6.84. The molecule has 4 aromatic rings. The predicted molar refractivity (Wildman–Crippen MR) is 106 cm³/mol. The van der Waals surface area contributed by atoms with E-state index in [-0.39, 0.29) is 22.2 Å². The Morgan fingerprint density at radius 2 is 1.96 bits per heavy atom.